The van der Waals surface area contributed by atoms with Crippen molar-refractivity contribution in [1.29, 1.82) is 0 Å². The number of phenols is 4. The normalized spacial score (nSPS) is 10.2. The number of benzene rings is 6. The van der Waals surface area contributed by atoms with Gasteiger partial charge in [-0.05, 0) is 113 Å². The molecular weight excluding hydrogens is 1350 g/mol. The summed E-state index contributed by atoms with van der Waals surface area (Å²) >= 11 is 0. The smallest absolute Gasteiger partial charge is 0.339 e. The lowest BCUT2D eigenvalue weighted by atomic mass is 9.99. The molecule has 0 aliphatic carbocycles. The fraction of sp³-hybridized carbons (Fsp3) is 0.120. The van der Waals surface area contributed by atoms with Crippen molar-refractivity contribution in [2.45, 2.75) is 25.7 Å². The number of aromatic nitrogens is 4. The Bertz CT molecular complexity index is 4780. The molecule has 4 heterocycles. The van der Waals surface area contributed by atoms with Gasteiger partial charge in [-0.15, -0.1) is 0 Å². The number of carbonyl (C=O) groups is 10. The number of carbonyl (C=O) groups excluding carboxylic acids is 8. The molecule has 4 aromatic heterocycles. The molecule has 29 nitrogen and oxygen atoms in total. The molecule has 10 aromatic rings. The topological polar surface area (TPSA) is 438 Å². The number of Topliss-reactive ketones (excluding diaryl/α,β-unsaturated/α-hetero) is 4. The fourth-order valence-corrected chi connectivity index (χ4v) is 9.12. The number of carboxylic acid groups (broad SMARTS) is 2. The van der Waals surface area contributed by atoms with Gasteiger partial charge in [-0.1, -0.05) is 78.9 Å². The van der Waals surface area contributed by atoms with Crippen LogP contribution in [0, 0.1) is 0 Å². The second-order valence-electron chi connectivity index (χ2n) is 21.5. The van der Waals surface area contributed by atoms with E-state index in [1.54, 1.807) is 133 Å². The summed E-state index contributed by atoms with van der Waals surface area (Å²) in [5.41, 5.74) is 3.66. The third-order valence-electron chi connectivity index (χ3n) is 14.3. The van der Waals surface area contributed by atoms with Crippen LogP contribution in [0.15, 0.2) is 200 Å². The molecule has 0 aliphatic heterocycles. The minimum absolute atomic E-state index is 0.0444. The monoisotopic (exact) mass is 1410 g/mol. The molecular formula is C75H66N8O21. The van der Waals surface area contributed by atoms with Gasteiger partial charge in [-0.3, -0.25) is 38.4 Å². The van der Waals surface area contributed by atoms with Gasteiger partial charge in [0.05, 0.1) is 61.2 Å². The molecule has 0 unspecified atom stereocenters. The van der Waals surface area contributed by atoms with Crippen LogP contribution in [-0.2, 0) is 19.2 Å². The number of ether oxygens (including phenoxy) is 5. The third kappa shape index (κ3) is 23.1. The van der Waals surface area contributed by atoms with Crippen LogP contribution < -0.4 is 45.0 Å². The summed E-state index contributed by atoms with van der Waals surface area (Å²) < 4.78 is 25.0. The molecule has 6 aromatic carbocycles. The van der Waals surface area contributed by atoms with Crippen molar-refractivity contribution in [3.05, 3.63) is 234 Å². The van der Waals surface area contributed by atoms with Crippen LogP contribution in [0.1, 0.15) is 87.8 Å². The molecule has 104 heavy (non-hydrogen) atoms. The zero-order chi connectivity index (χ0) is 75.4. The predicted octanol–water partition coefficient (Wildman–Crippen LogP) is 10.8. The van der Waals surface area contributed by atoms with Crippen molar-refractivity contribution in [2.75, 3.05) is 56.8 Å². The highest BCUT2D eigenvalue weighted by atomic mass is 16.5. The number of anilines is 4. The predicted molar refractivity (Wildman–Crippen MR) is 377 cm³/mol. The van der Waals surface area contributed by atoms with Gasteiger partial charge in [-0.2, -0.15) is 15.0 Å². The van der Waals surface area contributed by atoms with E-state index in [9.17, 15) is 68.4 Å². The number of methoxy groups -OCH3 is 5. The first-order valence-electron chi connectivity index (χ1n) is 30.7. The average molecular weight is 1420 g/mol. The molecule has 0 saturated heterocycles. The quantitative estimate of drug-likeness (QED) is 0.0144. The average Bonchev–Trinajstić information content (AvgIpc) is 0.825. The van der Waals surface area contributed by atoms with E-state index in [0.29, 0.717) is 68.4 Å². The first-order chi connectivity index (χ1) is 49.8. The number of hydrogen-bond donors (Lipinski definition) is 10. The standard InChI is InChI=1S/C23H20N2O6.C22H18N2O6.C15H14N2O5.C15H14N2O4/c1-30-19-11-10-16(12-17(19)23(28)29)14-6-8-15(9-7-14)18(26)13-21(27)24-20-4-3-5-22(25-20)31-2;1-30-21-4-2-3-19(24-21)23-20(27)12-18(26)14-7-5-13(6-8-14)15-9-10-17(25)16(11-15)22(28)29;1-22-15-4-2-3-13(17-15)16-14(21)8-11(19)9-5-6-10(18)12(20)7-9;1-21-12-6-7-16-14(8-12)17-15(20)9-13(19)10-2-4-11(18)5-3-10/h3-12H,13H2,1-2H3,(H,28,29)(H,24,25,27);2-11,25H,12H2,1H3,(H,28,29)(H,23,24,27);2-7,18,20H,8H2,1H3,(H,16,17,21);2-8,18H,9H2,1H3,(H,16,17,20). The minimum atomic E-state index is -1.24. The number of nitrogens with one attached hydrogen (secondary N) is 4. The van der Waals surface area contributed by atoms with Crippen LogP contribution in [-0.4, -0.2) is 145 Å². The van der Waals surface area contributed by atoms with Gasteiger partial charge in [0, 0.05) is 52.7 Å². The van der Waals surface area contributed by atoms with E-state index in [0.717, 1.165) is 11.6 Å². The molecule has 532 valence electrons. The van der Waals surface area contributed by atoms with Crippen LogP contribution in [0.5, 0.6) is 52.1 Å². The number of aromatic carboxylic acids is 2. The molecule has 29 heteroatoms. The maximum Gasteiger partial charge on any atom is 0.339 e. The fourth-order valence-electron chi connectivity index (χ4n) is 9.12. The van der Waals surface area contributed by atoms with E-state index >= 15 is 0 Å². The van der Waals surface area contributed by atoms with Gasteiger partial charge >= 0.3 is 11.9 Å². The van der Waals surface area contributed by atoms with E-state index in [2.05, 4.69) is 41.2 Å². The number of nitrogens with zero attached hydrogens (tertiary/aromatic N) is 4. The molecule has 0 bridgehead atoms. The lowest BCUT2D eigenvalue weighted by molar-refractivity contribution is -0.116. The van der Waals surface area contributed by atoms with Gasteiger partial charge in [0.15, 0.2) is 34.6 Å². The highest BCUT2D eigenvalue weighted by molar-refractivity contribution is 6.13. The lowest BCUT2D eigenvalue weighted by Crippen LogP contribution is -2.17. The maximum atomic E-state index is 12.4. The highest BCUT2D eigenvalue weighted by Crippen LogP contribution is 2.30. The molecule has 0 fully saturated rings. The Kier molecular flexibility index (Phi) is 27.8. The van der Waals surface area contributed by atoms with E-state index in [1.807, 2.05) is 0 Å². The largest absolute Gasteiger partial charge is 0.508 e. The molecule has 0 spiro atoms. The number of amides is 4. The van der Waals surface area contributed by atoms with E-state index < -0.39 is 53.5 Å². The summed E-state index contributed by atoms with van der Waals surface area (Å²) in [7, 11) is 7.30. The van der Waals surface area contributed by atoms with Gasteiger partial charge in [0.1, 0.15) is 57.4 Å². The molecule has 0 radical (unpaired) electrons. The summed E-state index contributed by atoms with van der Waals surface area (Å²) in [5, 5.41) is 65.9. The van der Waals surface area contributed by atoms with Crippen molar-refractivity contribution in [1.82, 2.24) is 19.9 Å². The van der Waals surface area contributed by atoms with Crippen molar-refractivity contribution in [2.24, 2.45) is 0 Å². The highest BCUT2D eigenvalue weighted by Gasteiger charge is 2.20. The van der Waals surface area contributed by atoms with Crippen molar-refractivity contribution < 1.29 is 102 Å². The number of hydrogen-bond acceptors (Lipinski definition) is 23. The number of rotatable bonds is 25. The second kappa shape index (κ2) is 37.5. The number of carboxylic acids is 2. The zero-order valence-electron chi connectivity index (χ0n) is 56.0. The Labute approximate surface area is 592 Å². The Morgan fingerprint density at radius 2 is 0.702 bits per heavy atom. The maximum absolute atomic E-state index is 12.4. The molecule has 0 aliphatic rings. The van der Waals surface area contributed by atoms with E-state index in [-0.39, 0.29) is 87.9 Å². The van der Waals surface area contributed by atoms with Crippen LogP contribution in [0.25, 0.3) is 22.3 Å². The van der Waals surface area contributed by atoms with Crippen molar-refractivity contribution in [3.63, 3.8) is 0 Å². The number of pyridine rings is 4. The van der Waals surface area contributed by atoms with Gasteiger partial charge in [-0.25, -0.2) is 14.6 Å². The van der Waals surface area contributed by atoms with Crippen molar-refractivity contribution >= 4 is 82.0 Å². The summed E-state index contributed by atoms with van der Waals surface area (Å²) in [6, 6.07) is 49.2. The SMILES string of the molecule is COc1cccc(NC(=O)CC(=O)c2ccc(-c3ccc(O)c(C(=O)O)c3)cc2)n1.COc1cccc(NC(=O)CC(=O)c2ccc(-c3ccc(OC)c(C(=O)O)c3)cc2)n1.COc1cccc(NC(=O)CC(=O)c2ccc(O)c(O)c2)n1.COc1ccnc(NC(=O)CC(=O)c2ccc(O)cc2)c1. The Hall–Kier alpha value is -14.4. The van der Waals surface area contributed by atoms with Gasteiger partial charge < -0.3 is 75.6 Å². The van der Waals surface area contributed by atoms with Crippen LogP contribution in [0.4, 0.5) is 23.3 Å². The first kappa shape index (κ1) is 77.0. The Morgan fingerprint density at radius 3 is 1.10 bits per heavy atom. The zero-order valence-corrected chi connectivity index (χ0v) is 56.0. The molecule has 10 rings (SSSR count). The summed E-state index contributed by atoms with van der Waals surface area (Å²) in [4.78, 5) is 135. The van der Waals surface area contributed by atoms with Crippen LogP contribution >= 0.6 is 0 Å². The first-order valence-corrected chi connectivity index (χ1v) is 30.7. The van der Waals surface area contributed by atoms with E-state index in [4.69, 9.17) is 33.9 Å². The summed E-state index contributed by atoms with van der Waals surface area (Å²) in [6.45, 7) is 0. The molecule has 0 atom stereocenters. The minimum Gasteiger partial charge on any atom is -0.508 e. The summed E-state index contributed by atoms with van der Waals surface area (Å²) in [6.07, 6.45) is 0.0769. The Morgan fingerprint density at radius 1 is 0.337 bits per heavy atom. The van der Waals surface area contributed by atoms with E-state index in [1.165, 1.54) is 96.3 Å². The number of ketones is 4. The lowest BCUT2D eigenvalue weighted by Gasteiger charge is -2.09. The van der Waals surface area contributed by atoms with Gasteiger partial charge in [0.2, 0.25) is 41.3 Å². The van der Waals surface area contributed by atoms with Crippen LogP contribution in [0.3, 0.4) is 0 Å². The number of aromatic hydroxyl groups is 4. The Balaban J connectivity index is 0.000000197. The second-order valence-corrected chi connectivity index (χ2v) is 21.5. The molecule has 10 N–H and O–H groups in total. The number of phenolic OH excluding ortho intramolecular Hbond substituents is 3. The summed E-state index contributed by atoms with van der Waals surface area (Å²) in [5.74, 6) is -3.88. The molecule has 0 saturated carbocycles. The third-order valence-corrected chi connectivity index (χ3v) is 14.3. The van der Waals surface area contributed by atoms with Crippen molar-refractivity contribution in [3.8, 4) is 74.4 Å². The van der Waals surface area contributed by atoms with Crippen LogP contribution in [0.2, 0.25) is 0 Å². The van der Waals surface area contributed by atoms with Gasteiger partial charge in [0.25, 0.3) is 0 Å². The molecule has 4 amide bonds.